The Bertz CT molecular complexity index is 602. The summed E-state index contributed by atoms with van der Waals surface area (Å²) in [4.78, 5) is 25.5. The fraction of sp³-hybridized carbons (Fsp3) is 0.500. The minimum absolute atomic E-state index is 0.226. The number of carbonyl (C=O) groups excluding carboxylic acids is 1. The zero-order chi connectivity index (χ0) is 15.5. The number of carbonyl (C=O) groups is 2. The summed E-state index contributed by atoms with van der Waals surface area (Å²) < 4.78 is 27.5. The van der Waals surface area contributed by atoms with E-state index in [-0.39, 0.29) is 17.9 Å². The molecule has 1 amide bonds. The first-order chi connectivity index (χ1) is 9.13. The van der Waals surface area contributed by atoms with Crippen molar-refractivity contribution >= 4 is 21.9 Å². The zero-order valence-corrected chi connectivity index (χ0v) is 11.8. The molecule has 0 spiro atoms. The minimum atomic E-state index is -4.07. The van der Waals surface area contributed by atoms with E-state index in [9.17, 15) is 18.0 Å². The van der Waals surface area contributed by atoms with Gasteiger partial charge >= 0.3 is 5.97 Å². The maximum atomic E-state index is 12.0. The van der Waals surface area contributed by atoms with Crippen LogP contribution in [-0.2, 0) is 26.7 Å². The molecule has 1 heterocycles. The summed E-state index contributed by atoms with van der Waals surface area (Å²) in [5, 5.41) is 8.68. The molecule has 112 valence electrons. The van der Waals surface area contributed by atoms with Crippen LogP contribution in [-0.4, -0.2) is 41.0 Å². The molecule has 1 atom stereocenters. The highest BCUT2D eigenvalue weighted by Crippen LogP contribution is 2.10. The van der Waals surface area contributed by atoms with Gasteiger partial charge in [-0.2, -0.15) is 4.72 Å². The van der Waals surface area contributed by atoms with Crippen molar-refractivity contribution in [3.05, 3.63) is 12.0 Å². The Morgan fingerprint density at radius 3 is 2.55 bits per heavy atom. The van der Waals surface area contributed by atoms with Crippen LogP contribution in [0.5, 0.6) is 0 Å². The number of sulfonamides is 1. The predicted octanol–water partition coefficient (Wildman–Crippen LogP) is -1.27. The van der Waals surface area contributed by atoms with Gasteiger partial charge in [0.1, 0.15) is 11.9 Å². The van der Waals surface area contributed by atoms with Crippen LogP contribution in [0.3, 0.4) is 0 Å². The van der Waals surface area contributed by atoms with Crippen LogP contribution < -0.4 is 10.5 Å². The number of nitrogens with zero attached hydrogens (tertiary/aromatic N) is 2. The summed E-state index contributed by atoms with van der Waals surface area (Å²) in [5.74, 6) is -1.62. The van der Waals surface area contributed by atoms with E-state index in [1.807, 2.05) is 4.72 Å². The van der Waals surface area contributed by atoms with E-state index in [1.54, 1.807) is 14.0 Å². The molecule has 0 radical (unpaired) electrons. The van der Waals surface area contributed by atoms with Gasteiger partial charge in [0.15, 0.2) is 5.03 Å². The molecule has 0 fully saturated rings. The average Bonchev–Trinajstić information content (AvgIpc) is 2.65. The van der Waals surface area contributed by atoms with E-state index >= 15 is 0 Å². The Morgan fingerprint density at radius 1 is 1.55 bits per heavy atom. The van der Waals surface area contributed by atoms with E-state index in [0.29, 0.717) is 5.82 Å². The SMILES string of the molecule is Cc1nc(S(=O)(=O)NC(CCC(N)=O)C(=O)O)cn1C. The van der Waals surface area contributed by atoms with Gasteiger partial charge < -0.3 is 15.4 Å². The Hall–Kier alpha value is -1.94. The number of imidazole rings is 1. The van der Waals surface area contributed by atoms with E-state index in [1.165, 1.54) is 10.8 Å². The van der Waals surface area contributed by atoms with Crippen LogP contribution in [0.15, 0.2) is 11.2 Å². The van der Waals surface area contributed by atoms with Crippen LogP contribution in [0.1, 0.15) is 18.7 Å². The summed E-state index contributed by atoms with van der Waals surface area (Å²) in [6, 6.07) is -1.44. The molecule has 0 aliphatic carbocycles. The third-order valence-corrected chi connectivity index (χ3v) is 3.98. The largest absolute Gasteiger partial charge is 0.480 e. The number of carboxylic acid groups (broad SMARTS) is 1. The number of hydrogen-bond acceptors (Lipinski definition) is 5. The molecule has 1 aromatic rings. The number of nitrogens with one attached hydrogen (secondary N) is 1. The van der Waals surface area contributed by atoms with Crippen molar-refractivity contribution in [2.45, 2.75) is 30.8 Å². The highest BCUT2D eigenvalue weighted by atomic mass is 32.2. The Labute approximate surface area is 115 Å². The van der Waals surface area contributed by atoms with Gasteiger partial charge in [0.25, 0.3) is 10.0 Å². The molecule has 20 heavy (non-hydrogen) atoms. The second-order valence-electron chi connectivity index (χ2n) is 4.25. The summed E-state index contributed by atoms with van der Waals surface area (Å²) in [6.07, 6.45) is 0.807. The van der Waals surface area contributed by atoms with Crippen molar-refractivity contribution < 1.29 is 23.1 Å². The van der Waals surface area contributed by atoms with Gasteiger partial charge in [-0.05, 0) is 13.3 Å². The quantitative estimate of drug-likeness (QED) is 0.572. The number of nitrogens with two attached hydrogens (primary N) is 1. The molecular formula is C10H16N4O5S. The predicted molar refractivity (Wildman–Crippen MR) is 68.1 cm³/mol. The lowest BCUT2D eigenvalue weighted by Gasteiger charge is -2.12. The molecule has 0 saturated heterocycles. The molecule has 9 nitrogen and oxygen atoms in total. The van der Waals surface area contributed by atoms with Crippen molar-refractivity contribution in [3.8, 4) is 0 Å². The first-order valence-electron chi connectivity index (χ1n) is 5.67. The number of hydrogen-bond donors (Lipinski definition) is 3. The second-order valence-corrected chi connectivity index (χ2v) is 5.92. The molecule has 1 unspecified atom stereocenters. The first-order valence-corrected chi connectivity index (χ1v) is 7.15. The monoisotopic (exact) mass is 304 g/mol. The summed E-state index contributed by atoms with van der Waals surface area (Å²) >= 11 is 0. The molecule has 1 aromatic heterocycles. The smallest absolute Gasteiger partial charge is 0.321 e. The Morgan fingerprint density at radius 2 is 2.15 bits per heavy atom. The van der Waals surface area contributed by atoms with E-state index in [0.717, 1.165) is 0 Å². The highest BCUT2D eigenvalue weighted by molar-refractivity contribution is 7.89. The van der Waals surface area contributed by atoms with Crippen molar-refractivity contribution in [1.29, 1.82) is 0 Å². The van der Waals surface area contributed by atoms with Gasteiger partial charge in [-0.25, -0.2) is 13.4 Å². The number of aromatic nitrogens is 2. The summed E-state index contributed by atoms with van der Waals surface area (Å²) in [5.41, 5.74) is 4.91. The molecule has 4 N–H and O–H groups in total. The van der Waals surface area contributed by atoms with Crippen molar-refractivity contribution in [1.82, 2.24) is 14.3 Å². The zero-order valence-electron chi connectivity index (χ0n) is 11.0. The van der Waals surface area contributed by atoms with Crippen molar-refractivity contribution in [2.75, 3.05) is 0 Å². The minimum Gasteiger partial charge on any atom is -0.480 e. The van der Waals surface area contributed by atoms with Crippen LogP contribution in [0.2, 0.25) is 0 Å². The van der Waals surface area contributed by atoms with Crippen molar-refractivity contribution in [2.24, 2.45) is 12.8 Å². The van der Waals surface area contributed by atoms with E-state index < -0.39 is 27.9 Å². The van der Waals surface area contributed by atoms with Gasteiger partial charge in [-0.15, -0.1) is 0 Å². The molecule has 0 aliphatic heterocycles. The molecule has 1 rings (SSSR count). The number of amides is 1. The Balaban J connectivity index is 2.91. The highest BCUT2D eigenvalue weighted by Gasteiger charge is 2.27. The van der Waals surface area contributed by atoms with E-state index in [2.05, 4.69) is 4.98 Å². The molecule has 10 heteroatoms. The fourth-order valence-corrected chi connectivity index (χ4v) is 2.69. The van der Waals surface area contributed by atoms with Crippen LogP contribution in [0, 0.1) is 6.92 Å². The topological polar surface area (TPSA) is 144 Å². The lowest BCUT2D eigenvalue weighted by atomic mass is 10.2. The van der Waals surface area contributed by atoms with Crippen LogP contribution in [0.25, 0.3) is 0 Å². The number of rotatable bonds is 7. The van der Waals surface area contributed by atoms with Gasteiger partial charge in [0.05, 0.1) is 0 Å². The van der Waals surface area contributed by atoms with Gasteiger partial charge in [0, 0.05) is 19.7 Å². The third kappa shape index (κ3) is 4.03. The maximum absolute atomic E-state index is 12.0. The third-order valence-electron chi connectivity index (χ3n) is 2.64. The lowest BCUT2D eigenvalue weighted by molar-refractivity contribution is -0.139. The van der Waals surface area contributed by atoms with Gasteiger partial charge in [-0.1, -0.05) is 0 Å². The number of primary amides is 1. The normalized spacial score (nSPS) is 13.1. The number of aliphatic carboxylic acids is 1. The summed E-state index contributed by atoms with van der Waals surface area (Å²) in [6.45, 7) is 1.61. The molecule has 0 aliphatic rings. The van der Waals surface area contributed by atoms with Gasteiger partial charge in [0.2, 0.25) is 5.91 Å². The molecule has 0 aromatic carbocycles. The lowest BCUT2D eigenvalue weighted by Crippen LogP contribution is -2.41. The van der Waals surface area contributed by atoms with Crippen molar-refractivity contribution in [3.63, 3.8) is 0 Å². The standard InChI is InChI=1S/C10H16N4O5S/c1-6-12-9(5-14(6)2)20(18,19)13-7(10(16)17)3-4-8(11)15/h5,7,13H,3-4H2,1-2H3,(H2,11,15)(H,16,17). The molecular weight excluding hydrogens is 288 g/mol. The second kappa shape index (κ2) is 6.01. The first kappa shape index (κ1) is 16.1. The molecule has 0 saturated carbocycles. The fourth-order valence-electron chi connectivity index (χ4n) is 1.42. The number of aryl methyl sites for hydroxylation is 2. The van der Waals surface area contributed by atoms with Crippen LogP contribution >= 0.6 is 0 Å². The van der Waals surface area contributed by atoms with E-state index in [4.69, 9.17) is 10.8 Å². The number of carboxylic acids is 1. The molecule has 0 bridgehead atoms. The maximum Gasteiger partial charge on any atom is 0.321 e. The summed E-state index contributed by atoms with van der Waals surface area (Å²) in [7, 11) is -2.45. The van der Waals surface area contributed by atoms with Crippen LogP contribution in [0.4, 0.5) is 0 Å². The Kier molecular flexibility index (Phi) is 4.84. The van der Waals surface area contributed by atoms with Gasteiger partial charge in [-0.3, -0.25) is 9.59 Å². The average molecular weight is 304 g/mol.